The average molecular weight is 261 g/mol. The van der Waals surface area contributed by atoms with Crippen LogP contribution in [-0.2, 0) is 17.8 Å². The zero-order valence-corrected chi connectivity index (χ0v) is 10.9. The summed E-state index contributed by atoms with van der Waals surface area (Å²) in [7, 11) is 0. The number of hydrogen-bond donors (Lipinski definition) is 2. The lowest BCUT2D eigenvalue weighted by molar-refractivity contribution is -0.137. The summed E-state index contributed by atoms with van der Waals surface area (Å²) >= 11 is 6.32. The molecule has 0 spiro atoms. The quantitative estimate of drug-likeness (QED) is 0.800. The van der Waals surface area contributed by atoms with Gasteiger partial charge in [0.1, 0.15) is 6.54 Å². The van der Waals surface area contributed by atoms with E-state index in [4.69, 9.17) is 17.3 Å². The molecule has 0 fully saturated rings. The topological polar surface area (TPSA) is 62.5 Å². The van der Waals surface area contributed by atoms with Crippen molar-refractivity contribution in [3.63, 3.8) is 0 Å². The van der Waals surface area contributed by atoms with Crippen molar-refractivity contribution in [1.29, 1.82) is 0 Å². The van der Waals surface area contributed by atoms with Crippen LogP contribution in [0.3, 0.4) is 0 Å². The van der Waals surface area contributed by atoms with E-state index in [1.807, 2.05) is 0 Å². The number of rotatable bonds is 5. The summed E-state index contributed by atoms with van der Waals surface area (Å²) in [6.45, 7) is 3.89. The van der Waals surface area contributed by atoms with E-state index in [1.165, 1.54) is 15.9 Å². The molecule has 0 saturated carbocycles. The van der Waals surface area contributed by atoms with E-state index in [9.17, 15) is 9.90 Å². The van der Waals surface area contributed by atoms with E-state index in [0.717, 1.165) is 17.7 Å². The molecule has 1 unspecified atom stereocenters. The number of aromatic nitrogens is 1. The number of hydrogen-bond acceptors (Lipinski definition) is 4. The molecule has 90 valence electrons. The first-order chi connectivity index (χ1) is 7.45. The Morgan fingerprint density at radius 1 is 1.62 bits per heavy atom. The van der Waals surface area contributed by atoms with Crippen LogP contribution in [0.15, 0.2) is 0 Å². The maximum absolute atomic E-state index is 10.6. The van der Waals surface area contributed by atoms with Crippen LogP contribution in [0.4, 0.5) is 0 Å². The Morgan fingerprint density at radius 3 is 2.75 bits per heavy atom. The second kappa shape index (κ2) is 5.45. The molecule has 0 amide bonds. The van der Waals surface area contributed by atoms with Crippen LogP contribution in [0.2, 0.25) is 0 Å². The van der Waals surface area contributed by atoms with E-state index in [0.29, 0.717) is 9.87 Å². The van der Waals surface area contributed by atoms with Crippen molar-refractivity contribution in [2.75, 3.05) is 0 Å². The highest BCUT2D eigenvalue weighted by Crippen LogP contribution is 2.29. The van der Waals surface area contributed by atoms with Gasteiger partial charge in [-0.3, -0.25) is 9.36 Å². The van der Waals surface area contributed by atoms with Crippen LogP contribution in [0.5, 0.6) is 5.88 Å². The Hall–Kier alpha value is -0.880. The fourth-order valence-electron chi connectivity index (χ4n) is 1.31. The molecule has 0 aliphatic carbocycles. The van der Waals surface area contributed by atoms with Gasteiger partial charge in [-0.2, -0.15) is 0 Å². The fraction of sp³-hybridized carbons (Fsp3) is 0.600. The lowest BCUT2D eigenvalue weighted by atomic mass is 10.0. The van der Waals surface area contributed by atoms with Gasteiger partial charge in [-0.1, -0.05) is 20.3 Å². The Bertz CT molecular complexity index is 436. The monoisotopic (exact) mass is 261 g/mol. The zero-order valence-electron chi connectivity index (χ0n) is 9.27. The average Bonchev–Trinajstić information content (AvgIpc) is 2.45. The summed E-state index contributed by atoms with van der Waals surface area (Å²) in [5.74, 6) is -0.533. The third-order valence-electron chi connectivity index (χ3n) is 2.46. The van der Waals surface area contributed by atoms with Crippen LogP contribution in [0.25, 0.3) is 0 Å². The molecule has 0 bridgehead atoms. The summed E-state index contributed by atoms with van der Waals surface area (Å²) < 4.78 is 1.68. The number of carboxylic acids is 1. The second-order valence-electron chi connectivity index (χ2n) is 3.81. The number of carboxylic acid groups (broad SMARTS) is 1. The molecule has 0 aliphatic rings. The first-order valence-corrected chi connectivity index (χ1v) is 6.31. The number of carbonyl (C=O) groups is 1. The maximum atomic E-state index is 10.6. The predicted octanol–water partition coefficient (Wildman–Crippen LogP) is 2.66. The lowest BCUT2D eigenvalue weighted by Crippen LogP contribution is -2.08. The van der Waals surface area contributed by atoms with Crippen LogP contribution in [-0.4, -0.2) is 20.7 Å². The maximum Gasteiger partial charge on any atom is 0.323 e. The summed E-state index contributed by atoms with van der Waals surface area (Å²) in [6, 6.07) is 0. The standard InChI is InChI=1S/C10H15NO3S2/c1-3-6(2)4-7-9(14)11(5-8(12)13)10(15)16-7/h6,14H,3-5H2,1-2H3,(H,12,13). The lowest BCUT2D eigenvalue weighted by Gasteiger charge is -2.06. The van der Waals surface area contributed by atoms with Crippen molar-refractivity contribution < 1.29 is 15.0 Å². The third kappa shape index (κ3) is 3.05. The van der Waals surface area contributed by atoms with Crippen molar-refractivity contribution in [3.05, 3.63) is 8.83 Å². The zero-order chi connectivity index (χ0) is 12.3. The minimum absolute atomic E-state index is 0.0118. The van der Waals surface area contributed by atoms with Gasteiger partial charge in [0.05, 0.1) is 4.88 Å². The van der Waals surface area contributed by atoms with Gasteiger partial charge in [0.2, 0.25) is 5.88 Å². The fourth-order valence-corrected chi connectivity index (χ4v) is 2.81. The van der Waals surface area contributed by atoms with Gasteiger partial charge >= 0.3 is 5.97 Å². The number of aromatic hydroxyl groups is 1. The van der Waals surface area contributed by atoms with Gasteiger partial charge < -0.3 is 10.2 Å². The Morgan fingerprint density at radius 2 is 2.25 bits per heavy atom. The third-order valence-corrected chi connectivity index (χ3v) is 3.92. The van der Waals surface area contributed by atoms with Crippen molar-refractivity contribution in [3.8, 4) is 5.88 Å². The molecule has 1 aromatic heterocycles. The smallest absolute Gasteiger partial charge is 0.323 e. The molecule has 4 nitrogen and oxygen atoms in total. The molecule has 1 aromatic rings. The van der Waals surface area contributed by atoms with Crippen LogP contribution in [0, 0.1) is 9.87 Å². The molecular weight excluding hydrogens is 246 g/mol. The highest BCUT2D eigenvalue weighted by molar-refractivity contribution is 7.73. The number of nitrogens with zero attached hydrogens (tertiary/aromatic N) is 1. The molecular formula is C10H15NO3S2. The molecule has 0 aliphatic heterocycles. The molecule has 16 heavy (non-hydrogen) atoms. The van der Waals surface area contributed by atoms with Gasteiger partial charge in [-0.15, -0.1) is 11.3 Å². The minimum Gasteiger partial charge on any atom is -0.494 e. The molecule has 1 atom stereocenters. The van der Waals surface area contributed by atoms with Gasteiger partial charge in [-0.05, 0) is 24.6 Å². The summed E-state index contributed by atoms with van der Waals surface area (Å²) in [6.07, 6.45) is 1.76. The molecule has 1 rings (SSSR count). The van der Waals surface area contributed by atoms with E-state index in [-0.39, 0.29) is 12.4 Å². The van der Waals surface area contributed by atoms with Gasteiger partial charge in [-0.25, -0.2) is 0 Å². The van der Waals surface area contributed by atoms with Crippen molar-refractivity contribution >= 4 is 29.5 Å². The Balaban J connectivity index is 2.97. The van der Waals surface area contributed by atoms with E-state index in [1.54, 1.807) is 0 Å². The Kier molecular flexibility index (Phi) is 4.49. The first-order valence-electron chi connectivity index (χ1n) is 5.09. The van der Waals surface area contributed by atoms with E-state index in [2.05, 4.69) is 13.8 Å². The summed E-state index contributed by atoms with van der Waals surface area (Å²) in [5.41, 5.74) is 0. The van der Waals surface area contributed by atoms with Crippen LogP contribution >= 0.6 is 23.6 Å². The minimum atomic E-state index is -1.00. The highest BCUT2D eigenvalue weighted by atomic mass is 32.1. The normalized spacial score (nSPS) is 12.6. The molecule has 0 saturated heterocycles. The van der Waals surface area contributed by atoms with E-state index < -0.39 is 5.97 Å². The molecule has 0 radical (unpaired) electrons. The predicted molar refractivity (Wildman–Crippen MR) is 65.6 cm³/mol. The van der Waals surface area contributed by atoms with Gasteiger partial charge in [0.15, 0.2) is 3.95 Å². The van der Waals surface area contributed by atoms with E-state index >= 15 is 0 Å². The highest BCUT2D eigenvalue weighted by Gasteiger charge is 2.15. The van der Waals surface area contributed by atoms with Gasteiger partial charge in [0, 0.05) is 0 Å². The molecule has 2 N–H and O–H groups in total. The molecule has 1 heterocycles. The SMILES string of the molecule is CCC(C)Cc1sc(=S)n(CC(=O)O)c1O. The van der Waals surface area contributed by atoms with Crippen molar-refractivity contribution in [2.24, 2.45) is 5.92 Å². The first kappa shape index (κ1) is 13.2. The van der Waals surface area contributed by atoms with Gasteiger partial charge in [0.25, 0.3) is 0 Å². The largest absolute Gasteiger partial charge is 0.494 e. The van der Waals surface area contributed by atoms with Crippen LogP contribution < -0.4 is 0 Å². The Labute approximate surface area is 103 Å². The summed E-state index contributed by atoms with van der Waals surface area (Å²) in [4.78, 5) is 11.4. The summed E-state index contributed by atoms with van der Waals surface area (Å²) in [5, 5.41) is 18.5. The number of aliphatic carboxylic acids is 1. The molecule has 0 aromatic carbocycles. The van der Waals surface area contributed by atoms with Crippen molar-refractivity contribution in [2.45, 2.75) is 33.2 Å². The number of thiazole rings is 1. The van der Waals surface area contributed by atoms with Crippen molar-refractivity contribution in [1.82, 2.24) is 4.57 Å². The second-order valence-corrected chi connectivity index (χ2v) is 5.54. The molecule has 6 heteroatoms. The van der Waals surface area contributed by atoms with Crippen LogP contribution in [0.1, 0.15) is 25.1 Å².